The first-order valence-corrected chi connectivity index (χ1v) is 9.32. The van der Waals surface area contributed by atoms with E-state index in [0.29, 0.717) is 35.2 Å². The molecular weight excluding hydrogens is 376 g/mol. The summed E-state index contributed by atoms with van der Waals surface area (Å²) in [6.07, 6.45) is 0.942. The van der Waals surface area contributed by atoms with Gasteiger partial charge < -0.3 is 16.0 Å². The van der Waals surface area contributed by atoms with Crippen LogP contribution in [0.5, 0.6) is 0 Å². The van der Waals surface area contributed by atoms with E-state index < -0.39 is 6.04 Å². The van der Waals surface area contributed by atoms with Gasteiger partial charge in [-0.05, 0) is 18.1 Å². The first-order valence-electron chi connectivity index (χ1n) is 8.06. The fourth-order valence-electron chi connectivity index (χ4n) is 2.51. The topological polar surface area (TPSA) is 100 Å². The molecule has 1 aliphatic heterocycles. The van der Waals surface area contributed by atoms with Crippen LogP contribution in [0.15, 0.2) is 29.6 Å². The predicted molar refractivity (Wildman–Crippen MR) is 98.9 cm³/mol. The molecule has 1 aromatic heterocycles. The minimum atomic E-state index is -0.520. The molecule has 2 heterocycles. The number of carbonyl (C=O) groups excluding carboxylic acids is 3. The van der Waals surface area contributed by atoms with Gasteiger partial charge in [0.1, 0.15) is 6.04 Å². The zero-order valence-electron chi connectivity index (χ0n) is 13.8. The molecule has 1 aliphatic rings. The van der Waals surface area contributed by atoms with Gasteiger partial charge in [0.05, 0.1) is 12.1 Å². The Morgan fingerprint density at radius 3 is 2.88 bits per heavy atom. The van der Waals surface area contributed by atoms with E-state index in [1.165, 1.54) is 11.3 Å². The summed E-state index contributed by atoms with van der Waals surface area (Å²) < 4.78 is 0. The van der Waals surface area contributed by atoms with Crippen LogP contribution in [-0.2, 0) is 27.3 Å². The standard InChI is InChI=1S/C17H17ClN4O3S/c18-12-4-2-1-3-10(12)8-19-15(24)7-11-9-26-17(20-11)22-16(25)13-5-6-14(23)21-13/h1-4,9,13H,5-8H2,(H,19,24)(H,21,23)(H,20,22,25). The third-order valence-corrected chi connectivity index (χ3v) is 5.04. The number of thiazole rings is 1. The zero-order valence-corrected chi connectivity index (χ0v) is 15.3. The van der Waals surface area contributed by atoms with E-state index in [-0.39, 0.29) is 24.1 Å². The molecule has 3 rings (SSSR count). The maximum absolute atomic E-state index is 12.0. The van der Waals surface area contributed by atoms with E-state index in [9.17, 15) is 14.4 Å². The summed E-state index contributed by atoms with van der Waals surface area (Å²) >= 11 is 7.29. The monoisotopic (exact) mass is 392 g/mol. The number of amides is 3. The number of nitrogens with one attached hydrogen (secondary N) is 3. The molecule has 3 amide bonds. The van der Waals surface area contributed by atoms with Crippen molar-refractivity contribution in [3.8, 4) is 0 Å². The average molecular weight is 393 g/mol. The largest absolute Gasteiger partial charge is 0.352 e. The highest BCUT2D eigenvalue weighted by molar-refractivity contribution is 7.13. The fraction of sp³-hybridized carbons (Fsp3) is 0.294. The van der Waals surface area contributed by atoms with Gasteiger partial charge in [0.15, 0.2) is 5.13 Å². The van der Waals surface area contributed by atoms with Crippen molar-refractivity contribution >= 4 is 45.8 Å². The van der Waals surface area contributed by atoms with Gasteiger partial charge in [-0.3, -0.25) is 14.4 Å². The van der Waals surface area contributed by atoms with Crippen molar-refractivity contribution in [2.45, 2.75) is 31.8 Å². The number of aromatic nitrogens is 1. The minimum absolute atomic E-state index is 0.108. The Hall–Kier alpha value is -2.45. The van der Waals surface area contributed by atoms with Crippen LogP contribution in [-0.4, -0.2) is 28.7 Å². The molecule has 1 atom stereocenters. The lowest BCUT2D eigenvalue weighted by molar-refractivity contribution is -0.122. The molecule has 1 fully saturated rings. The molecule has 0 aliphatic carbocycles. The average Bonchev–Trinajstić information content (AvgIpc) is 3.23. The number of rotatable bonds is 6. The maximum Gasteiger partial charge on any atom is 0.248 e. The maximum atomic E-state index is 12.0. The van der Waals surface area contributed by atoms with E-state index in [1.54, 1.807) is 11.4 Å². The van der Waals surface area contributed by atoms with Crippen LogP contribution in [0.4, 0.5) is 5.13 Å². The molecule has 1 unspecified atom stereocenters. The van der Waals surface area contributed by atoms with Gasteiger partial charge in [-0.25, -0.2) is 4.98 Å². The first kappa shape index (κ1) is 18.3. The molecule has 2 aromatic rings. The fourth-order valence-corrected chi connectivity index (χ4v) is 3.43. The molecule has 0 saturated carbocycles. The molecule has 0 spiro atoms. The number of hydrogen-bond acceptors (Lipinski definition) is 5. The lowest BCUT2D eigenvalue weighted by Gasteiger charge is -2.08. The van der Waals surface area contributed by atoms with Crippen LogP contribution in [0.3, 0.4) is 0 Å². The molecule has 0 bridgehead atoms. The van der Waals surface area contributed by atoms with Gasteiger partial charge in [0.2, 0.25) is 17.7 Å². The minimum Gasteiger partial charge on any atom is -0.352 e. The smallest absolute Gasteiger partial charge is 0.248 e. The molecule has 3 N–H and O–H groups in total. The van der Waals surface area contributed by atoms with E-state index >= 15 is 0 Å². The predicted octanol–water partition coefficient (Wildman–Crippen LogP) is 1.87. The lowest BCUT2D eigenvalue weighted by Crippen LogP contribution is -2.37. The second kappa shape index (κ2) is 8.29. The second-order valence-corrected chi connectivity index (χ2v) is 7.10. The van der Waals surface area contributed by atoms with Crippen molar-refractivity contribution in [3.05, 3.63) is 45.9 Å². The Morgan fingerprint density at radius 2 is 2.15 bits per heavy atom. The van der Waals surface area contributed by atoms with Gasteiger partial charge in [0.25, 0.3) is 0 Å². The summed E-state index contributed by atoms with van der Waals surface area (Å²) in [5.41, 5.74) is 1.41. The number of carbonyl (C=O) groups is 3. The third-order valence-electron chi connectivity index (χ3n) is 3.87. The van der Waals surface area contributed by atoms with Crippen LogP contribution in [0.25, 0.3) is 0 Å². The summed E-state index contributed by atoms with van der Waals surface area (Å²) in [4.78, 5) is 39.5. The molecular formula is C17H17ClN4O3S. The quantitative estimate of drug-likeness (QED) is 0.698. The van der Waals surface area contributed by atoms with Crippen LogP contribution in [0.1, 0.15) is 24.1 Å². The zero-order chi connectivity index (χ0) is 18.5. The highest BCUT2D eigenvalue weighted by Gasteiger charge is 2.27. The van der Waals surface area contributed by atoms with E-state index in [4.69, 9.17) is 11.6 Å². The molecule has 136 valence electrons. The highest BCUT2D eigenvalue weighted by Crippen LogP contribution is 2.18. The summed E-state index contributed by atoms with van der Waals surface area (Å²) in [6, 6.07) is 6.78. The molecule has 1 saturated heterocycles. The van der Waals surface area contributed by atoms with Crippen molar-refractivity contribution in [1.29, 1.82) is 0 Å². The Labute approximate surface area is 159 Å². The normalized spacial score (nSPS) is 16.2. The summed E-state index contributed by atoms with van der Waals surface area (Å²) in [5, 5.41) is 10.8. The van der Waals surface area contributed by atoms with Crippen molar-refractivity contribution in [2.75, 3.05) is 5.32 Å². The van der Waals surface area contributed by atoms with Gasteiger partial charge in [-0.15, -0.1) is 11.3 Å². The third kappa shape index (κ3) is 4.80. The highest BCUT2D eigenvalue weighted by atomic mass is 35.5. The lowest BCUT2D eigenvalue weighted by atomic mass is 10.2. The Bertz CT molecular complexity index is 839. The molecule has 26 heavy (non-hydrogen) atoms. The van der Waals surface area contributed by atoms with E-state index in [0.717, 1.165) is 5.56 Å². The summed E-state index contributed by atoms with van der Waals surface area (Å²) in [7, 11) is 0. The van der Waals surface area contributed by atoms with Gasteiger partial charge in [-0.1, -0.05) is 29.8 Å². The van der Waals surface area contributed by atoms with Gasteiger partial charge in [0, 0.05) is 23.4 Å². The Kier molecular flexibility index (Phi) is 5.85. The SMILES string of the molecule is O=C(Cc1csc(NC(=O)C2CCC(=O)N2)n1)NCc1ccccc1Cl. The van der Waals surface area contributed by atoms with E-state index in [1.807, 2.05) is 18.2 Å². The summed E-state index contributed by atoms with van der Waals surface area (Å²) in [6.45, 7) is 0.341. The second-order valence-electron chi connectivity index (χ2n) is 5.84. The van der Waals surface area contributed by atoms with Gasteiger partial charge >= 0.3 is 0 Å². The van der Waals surface area contributed by atoms with Crippen molar-refractivity contribution in [2.24, 2.45) is 0 Å². The molecule has 0 radical (unpaired) electrons. The Balaban J connectivity index is 1.48. The van der Waals surface area contributed by atoms with Gasteiger partial charge in [-0.2, -0.15) is 0 Å². The number of halogens is 1. The van der Waals surface area contributed by atoms with Crippen LogP contribution < -0.4 is 16.0 Å². The number of nitrogens with zero attached hydrogens (tertiary/aromatic N) is 1. The summed E-state index contributed by atoms with van der Waals surface area (Å²) in [5.74, 6) is -0.601. The number of hydrogen-bond donors (Lipinski definition) is 3. The van der Waals surface area contributed by atoms with Crippen LogP contribution >= 0.6 is 22.9 Å². The van der Waals surface area contributed by atoms with E-state index in [2.05, 4.69) is 20.9 Å². The van der Waals surface area contributed by atoms with Crippen molar-refractivity contribution in [1.82, 2.24) is 15.6 Å². The van der Waals surface area contributed by atoms with Crippen molar-refractivity contribution < 1.29 is 14.4 Å². The first-order chi connectivity index (χ1) is 12.5. The number of anilines is 1. The van der Waals surface area contributed by atoms with Crippen LogP contribution in [0, 0.1) is 0 Å². The number of benzene rings is 1. The molecule has 7 nitrogen and oxygen atoms in total. The Morgan fingerprint density at radius 1 is 1.35 bits per heavy atom. The van der Waals surface area contributed by atoms with Crippen LogP contribution in [0.2, 0.25) is 5.02 Å². The molecule has 9 heteroatoms. The van der Waals surface area contributed by atoms with Crippen molar-refractivity contribution in [3.63, 3.8) is 0 Å². The molecule has 1 aromatic carbocycles.